The van der Waals surface area contributed by atoms with Crippen LogP contribution < -0.4 is 10.2 Å². The molecule has 7 nitrogen and oxygen atoms in total. The summed E-state index contributed by atoms with van der Waals surface area (Å²) in [5.74, 6) is 0.935. The average Bonchev–Trinajstić information content (AvgIpc) is 3.41. The van der Waals surface area contributed by atoms with Crippen LogP contribution >= 0.6 is 0 Å². The summed E-state index contributed by atoms with van der Waals surface area (Å²) in [4.78, 5) is 14.5. The lowest BCUT2D eigenvalue weighted by molar-refractivity contribution is 0.0940. The lowest BCUT2D eigenvalue weighted by Crippen LogP contribution is -2.37. The van der Waals surface area contributed by atoms with Crippen LogP contribution in [0.3, 0.4) is 0 Å². The Morgan fingerprint density at radius 3 is 2.60 bits per heavy atom. The molecule has 5 rings (SSSR count). The zero-order chi connectivity index (χ0) is 20.5. The second-order valence-corrected chi connectivity index (χ2v) is 7.26. The van der Waals surface area contributed by atoms with Crippen molar-refractivity contribution in [1.82, 2.24) is 25.1 Å². The third-order valence-electron chi connectivity index (χ3n) is 5.23. The molecular formula is C22H19FN6O. The first-order valence-corrected chi connectivity index (χ1v) is 9.77. The summed E-state index contributed by atoms with van der Waals surface area (Å²) in [6, 6.07) is 19.2. The minimum Gasteiger partial charge on any atom is -0.353 e. The van der Waals surface area contributed by atoms with Gasteiger partial charge in [-0.15, -0.1) is 15.3 Å². The van der Waals surface area contributed by atoms with Gasteiger partial charge in [-0.1, -0.05) is 30.3 Å². The molecule has 0 radical (unpaired) electrons. The molecule has 1 aliphatic heterocycles. The van der Waals surface area contributed by atoms with Gasteiger partial charge in [0.2, 0.25) is 0 Å². The Hall–Kier alpha value is -3.81. The smallest absolute Gasteiger partial charge is 0.251 e. The Labute approximate surface area is 172 Å². The van der Waals surface area contributed by atoms with Crippen LogP contribution in [0.2, 0.25) is 0 Å². The second-order valence-electron chi connectivity index (χ2n) is 7.26. The van der Waals surface area contributed by atoms with Crippen molar-refractivity contribution >= 4 is 17.4 Å². The van der Waals surface area contributed by atoms with Crippen molar-refractivity contribution in [2.45, 2.75) is 12.5 Å². The van der Waals surface area contributed by atoms with Crippen LogP contribution in [0.15, 0.2) is 66.7 Å². The molecule has 1 aliphatic rings. The van der Waals surface area contributed by atoms with Crippen molar-refractivity contribution in [1.29, 1.82) is 0 Å². The maximum absolute atomic E-state index is 13.1. The van der Waals surface area contributed by atoms with E-state index in [1.54, 1.807) is 4.52 Å². The Morgan fingerprint density at radius 1 is 1.00 bits per heavy atom. The summed E-state index contributed by atoms with van der Waals surface area (Å²) in [6.45, 7) is 1.42. The van der Waals surface area contributed by atoms with E-state index in [2.05, 4.69) is 20.4 Å². The summed E-state index contributed by atoms with van der Waals surface area (Å²) in [6.07, 6.45) is 0.806. The Morgan fingerprint density at radius 2 is 1.80 bits per heavy atom. The fourth-order valence-electron chi connectivity index (χ4n) is 3.67. The SMILES string of the molecule is O=C(NC1CCN(c2ccc3nnc(-c4ccccc4)n3n2)C1)c1ccc(F)cc1. The first-order chi connectivity index (χ1) is 14.7. The largest absolute Gasteiger partial charge is 0.353 e. The van der Waals surface area contributed by atoms with Crippen molar-refractivity contribution in [3.63, 3.8) is 0 Å². The van der Waals surface area contributed by atoms with Gasteiger partial charge in [-0.25, -0.2) is 4.39 Å². The number of benzene rings is 2. The Kier molecular flexibility index (Phi) is 4.59. The highest BCUT2D eigenvalue weighted by Crippen LogP contribution is 2.22. The molecule has 0 saturated carbocycles. The Balaban J connectivity index is 1.33. The normalized spacial score (nSPS) is 16.2. The van der Waals surface area contributed by atoms with Gasteiger partial charge in [0.1, 0.15) is 11.6 Å². The lowest BCUT2D eigenvalue weighted by atomic mass is 10.2. The predicted molar refractivity (Wildman–Crippen MR) is 111 cm³/mol. The average molecular weight is 402 g/mol. The zero-order valence-electron chi connectivity index (χ0n) is 16.1. The van der Waals surface area contributed by atoms with Crippen LogP contribution in [0.25, 0.3) is 17.0 Å². The van der Waals surface area contributed by atoms with E-state index in [1.165, 1.54) is 24.3 Å². The monoisotopic (exact) mass is 402 g/mol. The van der Waals surface area contributed by atoms with Crippen LogP contribution in [0.4, 0.5) is 10.2 Å². The lowest BCUT2D eigenvalue weighted by Gasteiger charge is -2.18. The van der Waals surface area contributed by atoms with Gasteiger partial charge in [-0.3, -0.25) is 4.79 Å². The molecule has 1 atom stereocenters. The van der Waals surface area contributed by atoms with Gasteiger partial charge in [0.25, 0.3) is 5.91 Å². The number of nitrogens with zero attached hydrogens (tertiary/aromatic N) is 5. The first-order valence-electron chi connectivity index (χ1n) is 9.77. The van der Waals surface area contributed by atoms with Crippen molar-refractivity contribution < 1.29 is 9.18 Å². The molecule has 0 spiro atoms. The number of aromatic nitrogens is 4. The number of hydrogen-bond donors (Lipinski definition) is 1. The van der Waals surface area contributed by atoms with E-state index >= 15 is 0 Å². The molecule has 1 amide bonds. The molecule has 1 unspecified atom stereocenters. The van der Waals surface area contributed by atoms with Crippen LogP contribution in [0, 0.1) is 5.82 Å². The molecule has 2 aromatic heterocycles. The number of carbonyl (C=O) groups is 1. The second kappa shape index (κ2) is 7.55. The number of amides is 1. The molecule has 3 heterocycles. The number of anilines is 1. The van der Waals surface area contributed by atoms with Crippen molar-refractivity contribution in [3.8, 4) is 11.4 Å². The standard InChI is InChI=1S/C22H19FN6O/c23-17-8-6-16(7-9-17)22(30)24-18-12-13-28(14-18)20-11-10-19-25-26-21(29(19)27-20)15-4-2-1-3-5-15/h1-11,18H,12-14H2,(H,24,30). The minimum absolute atomic E-state index is 0.00504. The van der Waals surface area contributed by atoms with Gasteiger partial charge >= 0.3 is 0 Å². The van der Waals surface area contributed by atoms with E-state index < -0.39 is 0 Å². The third-order valence-corrected chi connectivity index (χ3v) is 5.23. The number of fused-ring (bicyclic) bond motifs is 1. The summed E-state index contributed by atoms with van der Waals surface area (Å²) < 4.78 is 14.8. The summed E-state index contributed by atoms with van der Waals surface area (Å²) >= 11 is 0. The van der Waals surface area contributed by atoms with E-state index in [0.29, 0.717) is 23.6 Å². The molecule has 1 fully saturated rings. The van der Waals surface area contributed by atoms with Crippen LogP contribution in [-0.2, 0) is 0 Å². The van der Waals surface area contributed by atoms with E-state index in [1.807, 2.05) is 42.5 Å². The molecule has 2 aromatic carbocycles. The fraction of sp³-hybridized carbons (Fsp3) is 0.182. The third kappa shape index (κ3) is 3.47. The zero-order valence-corrected chi connectivity index (χ0v) is 16.1. The van der Waals surface area contributed by atoms with Crippen LogP contribution in [0.1, 0.15) is 16.8 Å². The van der Waals surface area contributed by atoms with Crippen LogP contribution in [-0.4, -0.2) is 44.8 Å². The topological polar surface area (TPSA) is 75.4 Å². The molecule has 0 bridgehead atoms. The molecular weight excluding hydrogens is 383 g/mol. The maximum Gasteiger partial charge on any atom is 0.251 e. The Bertz CT molecular complexity index is 1190. The van der Waals surface area contributed by atoms with Gasteiger partial charge < -0.3 is 10.2 Å². The molecule has 0 aliphatic carbocycles. The fourth-order valence-corrected chi connectivity index (χ4v) is 3.67. The van der Waals surface area contributed by atoms with Gasteiger partial charge in [0, 0.05) is 30.3 Å². The van der Waals surface area contributed by atoms with Crippen LogP contribution in [0.5, 0.6) is 0 Å². The molecule has 30 heavy (non-hydrogen) atoms. The van der Waals surface area contributed by atoms with Gasteiger partial charge in [-0.2, -0.15) is 4.52 Å². The number of halogens is 1. The van der Waals surface area contributed by atoms with E-state index in [9.17, 15) is 9.18 Å². The van der Waals surface area contributed by atoms with E-state index in [0.717, 1.165) is 24.3 Å². The van der Waals surface area contributed by atoms with E-state index in [-0.39, 0.29) is 17.8 Å². The van der Waals surface area contributed by atoms with Gasteiger partial charge in [-0.05, 0) is 42.8 Å². The molecule has 4 aromatic rings. The summed E-state index contributed by atoms with van der Waals surface area (Å²) in [5, 5.41) is 16.2. The first kappa shape index (κ1) is 18.2. The minimum atomic E-state index is -0.357. The molecule has 150 valence electrons. The quantitative estimate of drug-likeness (QED) is 0.568. The predicted octanol–water partition coefficient (Wildman–Crippen LogP) is 2.94. The number of rotatable bonds is 4. The summed E-state index contributed by atoms with van der Waals surface area (Å²) in [7, 11) is 0. The number of nitrogens with one attached hydrogen (secondary N) is 1. The van der Waals surface area contributed by atoms with Gasteiger partial charge in [0.15, 0.2) is 11.5 Å². The van der Waals surface area contributed by atoms with Crippen molar-refractivity contribution in [2.75, 3.05) is 18.0 Å². The summed E-state index contributed by atoms with van der Waals surface area (Å²) in [5.41, 5.74) is 2.07. The highest BCUT2D eigenvalue weighted by molar-refractivity contribution is 5.94. The highest BCUT2D eigenvalue weighted by atomic mass is 19.1. The van der Waals surface area contributed by atoms with E-state index in [4.69, 9.17) is 5.10 Å². The van der Waals surface area contributed by atoms with Gasteiger partial charge in [0.05, 0.1) is 0 Å². The maximum atomic E-state index is 13.1. The molecule has 8 heteroatoms. The van der Waals surface area contributed by atoms with Crippen molar-refractivity contribution in [3.05, 3.63) is 78.1 Å². The molecule has 1 saturated heterocycles. The number of hydrogen-bond acceptors (Lipinski definition) is 5. The number of carbonyl (C=O) groups excluding carboxylic acids is 1. The van der Waals surface area contributed by atoms with Crippen molar-refractivity contribution in [2.24, 2.45) is 0 Å². The highest BCUT2D eigenvalue weighted by Gasteiger charge is 2.26. The molecule has 1 N–H and O–H groups in total.